The van der Waals surface area contributed by atoms with Crippen molar-refractivity contribution in [2.75, 3.05) is 39.3 Å². The maximum Gasteiger partial charge on any atom is 0.407 e. The number of fused-ring (bicyclic) bond motifs is 2. The summed E-state index contributed by atoms with van der Waals surface area (Å²) in [5.74, 6) is -10.6. The smallest absolute Gasteiger partial charge is 0.407 e. The van der Waals surface area contributed by atoms with E-state index in [9.17, 15) is 19.2 Å². The summed E-state index contributed by atoms with van der Waals surface area (Å²) in [5.41, 5.74) is -3.46. The highest BCUT2D eigenvalue weighted by Crippen LogP contribution is 2.28. The second-order valence-corrected chi connectivity index (χ2v) is 44.7. The Morgan fingerprint density at radius 3 is 0.824 bits per heavy atom. The molecule has 2 aromatic carbocycles. The van der Waals surface area contributed by atoms with Crippen LogP contribution in [0.15, 0.2) is 48.5 Å². The van der Waals surface area contributed by atoms with Gasteiger partial charge in [0, 0.05) is 52.1 Å². The lowest BCUT2D eigenvalue weighted by atomic mass is 9.95. The van der Waals surface area contributed by atoms with Crippen LogP contribution in [-0.4, -0.2) is 250 Å². The molecule has 0 spiro atoms. The van der Waals surface area contributed by atoms with Crippen LogP contribution in [-0.2, 0) is 89.3 Å². The van der Waals surface area contributed by atoms with E-state index in [2.05, 4.69) is 74.4 Å². The molecule has 16 amide bonds. The molecule has 38 heteroatoms. The van der Waals surface area contributed by atoms with Crippen LogP contribution in [0.4, 0.5) is 19.2 Å². The average Bonchev–Trinajstić information content (AvgIpc) is 1.67. The highest BCUT2D eigenvalue weighted by Gasteiger charge is 2.45. The van der Waals surface area contributed by atoms with Crippen molar-refractivity contribution in [3.63, 3.8) is 0 Å². The molecular formula is C104H172N16O22. The molecule has 3 aliphatic rings. The van der Waals surface area contributed by atoms with Gasteiger partial charge in [-0.15, -0.1) is 0 Å². The fourth-order valence-corrected chi connectivity index (χ4v) is 16.4. The fourth-order valence-electron chi connectivity index (χ4n) is 16.4. The first-order valence-electron chi connectivity index (χ1n) is 51.2. The minimum Gasteiger partial charge on any atom is -0.488 e. The molecule has 800 valence electrons. The zero-order valence-corrected chi connectivity index (χ0v) is 89.5. The minimum absolute atomic E-state index is 0.0105. The lowest BCUT2D eigenvalue weighted by molar-refractivity contribution is -0.143. The molecule has 3 aliphatic heterocycles. The summed E-state index contributed by atoms with van der Waals surface area (Å²) >= 11 is 0. The van der Waals surface area contributed by atoms with Crippen LogP contribution in [0.2, 0.25) is 0 Å². The Kier molecular flexibility index (Phi) is 48.4. The zero-order chi connectivity index (χ0) is 107. The number of carbonyl (C=O) groups excluding carboxylic acids is 16. The lowest BCUT2D eigenvalue weighted by Gasteiger charge is -2.32. The predicted molar refractivity (Wildman–Crippen MR) is 540 cm³/mol. The van der Waals surface area contributed by atoms with E-state index in [0.29, 0.717) is 22.6 Å². The van der Waals surface area contributed by atoms with Crippen LogP contribution in [0, 0.1) is 23.7 Å². The molecule has 3 fully saturated rings. The summed E-state index contributed by atoms with van der Waals surface area (Å²) in [7, 11) is 0. The average molecular weight is 2000 g/mol. The third kappa shape index (κ3) is 45.6. The predicted octanol–water partition coefficient (Wildman–Crippen LogP) is 10.6. The van der Waals surface area contributed by atoms with Crippen LogP contribution in [0.5, 0.6) is 11.5 Å². The van der Waals surface area contributed by atoms with Crippen molar-refractivity contribution < 1.29 is 105 Å². The lowest BCUT2D eigenvalue weighted by Crippen LogP contribution is -2.62. The molecule has 142 heavy (non-hydrogen) atoms. The molecule has 0 bridgehead atoms. The van der Waals surface area contributed by atoms with Crippen LogP contribution < -0.4 is 83.9 Å². The molecule has 14 N–H and O–H groups in total. The standard InChI is InChI=1S/C104H172N16O22/c1-27-65(7)81-91(129)115-75(59-63(3)4)85(123)109-71(39-29-33-53-105-95(133)139-101(15,16)17)83(121)111-74(42-32-36-56-108-98(136)142-104(24,25)26)94(132)120-58-38-44-80(120)90(128)114-78(62-68-47-51-70(52-48-68)138-100(12,13)14)88(126)118-82(66(8)28-2)92(130)116-76(60-64(5)6)86(124)110-72(40-30-34-54-106-96(134)140-102(18,19)20)84(122)112-73(41-31-35-55-107-97(135)141-103(21,22)23)93(131)119-57-37-43-79(119)89(127)113-77(87(125)117-81)61-67-45-49-69(50-46-67)137-99(9,10)11/h45-52,63-66,71-82H,27-44,53-62H2,1-26H3,(H,105,133)(H,106,134)(H,107,135)(H,108,136)(H,109,123)(H,110,124)(H,111,121)(H,112,122)(H,113,127)(H,114,128)(H,115,129)(H,116,130)(H,117,125)(H,118,126)/t65-,66-,71-,72-,73-,74-,75-,76-,77-,78-,79-,80-,81-,82-/m0/s1. The Hall–Kier alpha value is -11.2. The van der Waals surface area contributed by atoms with Crippen molar-refractivity contribution in [3.8, 4) is 11.5 Å². The van der Waals surface area contributed by atoms with Gasteiger partial charge in [0.25, 0.3) is 0 Å². The van der Waals surface area contributed by atoms with Gasteiger partial charge in [0.2, 0.25) is 70.9 Å². The van der Waals surface area contributed by atoms with Gasteiger partial charge in [-0.05, 0) is 299 Å². The number of ether oxygens (including phenoxy) is 6. The van der Waals surface area contributed by atoms with Crippen LogP contribution in [0.1, 0.15) is 320 Å². The maximum atomic E-state index is 15.8. The fraction of sp³-hybridized carbons (Fsp3) is 0.731. The van der Waals surface area contributed by atoms with Crippen molar-refractivity contribution >= 4 is 95.3 Å². The Bertz CT molecular complexity index is 4190. The van der Waals surface area contributed by atoms with Crippen molar-refractivity contribution in [2.24, 2.45) is 23.7 Å². The number of hydrogen-bond acceptors (Lipinski definition) is 22. The van der Waals surface area contributed by atoms with E-state index in [1.165, 1.54) is 9.80 Å². The summed E-state index contributed by atoms with van der Waals surface area (Å²) in [6, 6.07) is -3.26. The zero-order valence-electron chi connectivity index (χ0n) is 89.5. The molecule has 5 rings (SSSR count). The Balaban J connectivity index is 1.79. The third-order valence-electron chi connectivity index (χ3n) is 23.6. The summed E-state index contributed by atoms with van der Waals surface area (Å²) in [6.45, 7) is 46.4. The monoisotopic (exact) mass is 2000 g/mol. The first-order valence-corrected chi connectivity index (χ1v) is 51.2. The van der Waals surface area contributed by atoms with E-state index in [1.54, 1.807) is 159 Å². The quantitative estimate of drug-likeness (QED) is 0.0229. The molecular weight excluding hydrogens is 1830 g/mol. The van der Waals surface area contributed by atoms with E-state index >= 15 is 57.5 Å². The first-order chi connectivity index (χ1) is 66.1. The van der Waals surface area contributed by atoms with Crippen molar-refractivity contribution in [1.29, 1.82) is 0 Å². The summed E-state index contributed by atoms with van der Waals surface area (Å²) in [4.78, 5) is 241. The van der Waals surface area contributed by atoms with Crippen LogP contribution in [0.25, 0.3) is 0 Å². The van der Waals surface area contributed by atoms with Gasteiger partial charge in [0.1, 0.15) is 118 Å². The summed E-state index contributed by atoms with van der Waals surface area (Å²) in [5, 5.41) is 40.1. The Labute approximate surface area is 842 Å². The van der Waals surface area contributed by atoms with Gasteiger partial charge >= 0.3 is 24.4 Å². The van der Waals surface area contributed by atoms with Crippen LogP contribution in [0.3, 0.4) is 0 Å². The molecule has 14 atom stereocenters. The molecule has 3 heterocycles. The van der Waals surface area contributed by atoms with Crippen molar-refractivity contribution in [3.05, 3.63) is 59.7 Å². The SMILES string of the molecule is CC[C@H](C)[C@@H]1NC(=O)[C@H](Cc2ccc(OC(C)(C)C)cc2)NC(=O)[C@@H]2CCCN2C(=O)[C@H](CCCCNC(=O)OC(C)(C)C)NC(=O)[C@H](CCCCNC(=O)OC(C)(C)C)NC(=O)[C@H](CC(C)C)NC(=O)[C@H]([C@@H](C)CC)NC(=O)[C@H](Cc2ccc(OC(C)(C)C)cc2)NC(=O)[C@@H]2CCCN2C(=O)[C@H](CCCCNC(=O)OC(C)(C)C)NC(=O)[C@H](CCCCNC(=O)OC(C)(C)C)NC(=O)[C@H](CC(C)C)NC1=O. The number of carbonyl (C=O) groups is 16. The van der Waals surface area contributed by atoms with Gasteiger partial charge in [-0.1, -0.05) is 92.5 Å². The number of amides is 16. The highest BCUT2D eigenvalue weighted by molar-refractivity contribution is 6.01. The number of nitrogens with one attached hydrogen (secondary N) is 14. The Morgan fingerprint density at radius 1 is 0.317 bits per heavy atom. The molecule has 38 nitrogen and oxygen atoms in total. The van der Waals surface area contributed by atoms with E-state index in [1.807, 2.05) is 69.2 Å². The normalized spacial score (nSPS) is 22.6. The van der Waals surface area contributed by atoms with E-state index in [0.717, 1.165) is 0 Å². The number of benzene rings is 2. The molecule has 0 unspecified atom stereocenters. The minimum atomic E-state index is -1.48. The van der Waals surface area contributed by atoms with Gasteiger partial charge in [0.05, 0.1) is 0 Å². The molecule has 0 aromatic heterocycles. The number of rotatable bonds is 34. The van der Waals surface area contributed by atoms with E-state index in [-0.39, 0.29) is 192 Å². The largest absolute Gasteiger partial charge is 0.488 e. The molecule has 0 saturated carbocycles. The molecule has 2 aromatic rings. The van der Waals surface area contributed by atoms with Crippen molar-refractivity contribution in [1.82, 2.24) is 84.2 Å². The number of alkyl carbamates (subject to hydrolysis) is 4. The van der Waals surface area contributed by atoms with Crippen LogP contribution >= 0.6 is 0 Å². The summed E-state index contributed by atoms with van der Waals surface area (Å²) in [6.07, 6.45) is -0.629. The third-order valence-corrected chi connectivity index (χ3v) is 23.6. The van der Waals surface area contributed by atoms with Gasteiger partial charge < -0.3 is 113 Å². The summed E-state index contributed by atoms with van der Waals surface area (Å²) < 4.78 is 34.2. The number of hydrogen-bond donors (Lipinski definition) is 14. The molecule has 3 saturated heterocycles. The van der Waals surface area contributed by atoms with E-state index in [4.69, 9.17) is 28.4 Å². The maximum absolute atomic E-state index is 15.8. The second kappa shape index (κ2) is 56.7. The first kappa shape index (κ1) is 121. The topological polar surface area (TPSA) is 503 Å². The highest BCUT2D eigenvalue weighted by atomic mass is 16.6. The molecule has 0 radical (unpaired) electrons. The van der Waals surface area contributed by atoms with Gasteiger partial charge in [-0.2, -0.15) is 0 Å². The van der Waals surface area contributed by atoms with Gasteiger partial charge in [-0.25, -0.2) is 19.2 Å². The van der Waals surface area contributed by atoms with E-state index < -0.39 is 213 Å². The molecule has 0 aliphatic carbocycles. The van der Waals surface area contributed by atoms with Gasteiger partial charge in [0.15, 0.2) is 0 Å². The second-order valence-electron chi connectivity index (χ2n) is 44.7. The van der Waals surface area contributed by atoms with Gasteiger partial charge in [-0.3, -0.25) is 57.5 Å². The number of nitrogens with zero attached hydrogens (tertiary/aromatic N) is 2. The number of unbranched alkanes of at least 4 members (excludes halogenated alkanes) is 4. The van der Waals surface area contributed by atoms with Crippen molar-refractivity contribution in [2.45, 2.75) is 427 Å². The Morgan fingerprint density at radius 2 is 0.563 bits per heavy atom.